The van der Waals surface area contributed by atoms with Gasteiger partial charge in [0.2, 0.25) is 0 Å². The lowest BCUT2D eigenvalue weighted by Crippen LogP contribution is -2.40. The number of carbonyl (C=O) groups is 1. The zero-order valence-corrected chi connectivity index (χ0v) is 17.5. The van der Waals surface area contributed by atoms with Crippen LogP contribution in [-0.2, 0) is 17.6 Å². The van der Waals surface area contributed by atoms with Crippen LogP contribution in [0.1, 0.15) is 79.1 Å². The van der Waals surface area contributed by atoms with Crippen molar-refractivity contribution in [1.29, 1.82) is 0 Å². The Morgan fingerprint density at radius 3 is 2.62 bits per heavy atom. The molecule has 1 fully saturated rings. The van der Waals surface area contributed by atoms with Crippen LogP contribution in [0.3, 0.4) is 0 Å². The number of aryl methyl sites for hydroxylation is 1. The van der Waals surface area contributed by atoms with Crippen LogP contribution in [0.4, 0.5) is 5.00 Å². The molecule has 1 aromatic rings. The van der Waals surface area contributed by atoms with Crippen molar-refractivity contribution in [3.63, 3.8) is 0 Å². The number of hydrogen-bond acceptors (Lipinski definition) is 4. The number of carbonyl (C=O) groups excluding carboxylic acids is 1. The summed E-state index contributed by atoms with van der Waals surface area (Å²) in [7, 11) is 1.45. The molecule has 0 aromatic carbocycles. The highest BCUT2D eigenvalue weighted by Gasteiger charge is 2.26. The summed E-state index contributed by atoms with van der Waals surface area (Å²) < 4.78 is 5.06. The van der Waals surface area contributed by atoms with Gasteiger partial charge in [0.05, 0.1) is 12.7 Å². The molecule has 2 N–H and O–H groups in total. The van der Waals surface area contributed by atoms with E-state index < -0.39 is 0 Å². The van der Waals surface area contributed by atoms with Crippen molar-refractivity contribution in [1.82, 2.24) is 5.32 Å². The third kappa shape index (κ3) is 4.58. The molecular weight excluding hydrogens is 364 g/mol. The van der Waals surface area contributed by atoms with Crippen molar-refractivity contribution in [2.75, 3.05) is 12.4 Å². The van der Waals surface area contributed by atoms with Gasteiger partial charge in [-0.2, -0.15) is 0 Å². The smallest absolute Gasteiger partial charge is 0.341 e. The molecule has 2 aliphatic carbocycles. The second kappa shape index (κ2) is 9.18. The number of rotatable bonds is 4. The number of hydrogen-bond donors (Lipinski definition) is 2. The van der Waals surface area contributed by atoms with E-state index in [-0.39, 0.29) is 5.97 Å². The Morgan fingerprint density at radius 1 is 1.19 bits per heavy atom. The second-order valence-electron chi connectivity index (χ2n) is 7.48. The first-order valence-corrected chi connectivity index (χ1v) is 11.1. The maximum atomic E-state index is 12.4. The normalized spacial score (nSPS) is 22.8. The van der Waals surface area contributed by atoms with Crippen LogP contribution in [0.15, 0.2) is 0 Å². The molecule has 0 amide bonds. The van der Waals surface area contributed by atoms with E-state index in [0.29, 0.717) is 16.7 Å². The van der Waals surface area contributed by atoms with E-state index in [1.54, 1.807) is 11.3 Å². The van der Waals surface area contributed by atoms with Crippen LogP contribution >= 0.6 is 23.6 Å². The molecule has 0 spiro atoms. The van der Waals surface area contributed by atoms with E-state index in [9.17, 15) is 4.79 Å². The van der Waals surface area contributed by atoms with Crippen LogP contribution in [0.2, 0.25) is 0 Å². The molecule has 1 saturated carbocycles. The fourth-order valence-corrected chi connectivity index (χ4v) is 5.80. The van der Waals surface area contributed by atoms with Crippen LogP contribution in [0.5, 0.6) is 0 Å². The van der Waals surface area contributed by atoms with Crippen molar-refractivity contribution < 1.29 is 9.53 Å². The highest BCUT2D eigenvalue weighted by molar-refractivity contribution is 7.80. The number of esters is 1. The van der Waals surface area contributed by atoms with Gasteiger partial charge in [-0.1, -0.05) is 19.8 Å². The molecule has 1 aromatic heterocycles. The third-order valence-electron chi connectivity index (χ3n) is 5.80. The Hall–Kier alpha value is -1.14. The Balaban J connectivity index is 1.69. The van der Waals surface area contributed by atoms with Gasteiger partial charge in [0.15, 0.2) is 5.11 Å². The Bertz CT molecular complexity index is 648. The van der Waals surface area contributed by atoms with Gasteiger partial charge in [-0.15, -0.1) is 11.3 Å². The number of anilines is 1. The average Bonchev–Trinajstić information content (AvgIpc) is 2.82. The average molecular weight is 395 g/mol. The summed E-state index contributed by atoms with van der Waals surface area (Å²) in [5.41, 5.74) is 1.88. The highest BCUT2D eigenvalue weighted by Crippen LogP contribution is 2.38. The van der Waals surface area contributed by atoms with Gasteiger partial charge in [0.1, 0.15) is 5.00 Å². The molecule has 0 aliphatic heterocycles. The molecule has 1 heterocycles. The summed E-state index contributed by atoms with van der Waals surface area (Å²) in [6, 6.07) is 0.442. The van der Waals surface area contributed by atoms with Gasteiger partial charge in [-0.25, -0.2) is 4.79 Å². The van der Waals surface area contributed by atoms with Crippen molar-refractivity contribution >= 4 is 39.6 Å². The summed E-state index contributed by atoms with van der Waals surface area (Å²) >= 11 is 7.23. The lowest BCUT2D eigenvalue weighted by Gasteiger charge is -2.29. The molecule has 4 nitrogen and oxygen atoms in total. The first-order valence-electron chi connectivity index (χ1n) is 9.92. The molecule has 3 rings (SSSR count). The molecular formula is C20H30N2O2S2. The standard InChI is InChI=1S/C20H30N2O2S2/c1-3-13-9-11-14(12-10-13)21-20(25)22-18-17(19(23)24-2)15-7-5-4-6-8-16(15)26-18/h13-14H,3-12H2,1-2H3,(H2,21,22,25). The molecule has 0 radical (unpaired) electrons. The van der Waals surface area contributed by atoms with Crippen LogP contribution in [0, 0.1) is 5.92 Å². The van der Waals surface area contributed by atoms with Crippen LogP contribution in [-0.4, -0.2) is 24.2 Å². The van der Waals surface area contributed by atoms with E-state index in [1.807, 2.05) is 0 Å². The van der Waals surface area contributed by atoms with Gasteiger partial charge < -0.3 is 15.4 Å². The summed E-state index contributed by atoms with van der Waals surface area (Å²) in [6.45, 7) is 2.28. The van der Waals surface area contributed by atoms with Gasteiger partial charge in [0.25, 0.3) is 0 Å². The maximum absolute atomic E-state index is 12.4. The molecule has 2 aliphatic rings. The van der Waals surface area contributed by atoms with Crippen molar-refractivity contribution in [2.24, 2.45) is 5.92 Å². The lowest BCUT2D eigenvalue weighted by atomic mass is 9.85. The maximum Gasteiger partial charge on any atom is 0.341 e. The minimum atomic E-state index is -0.252. The topological polar surface area (TPSA) is 50.4 Å². The monoisotopic (exact) mass is 394 g/mol. The summed E-state index contributed by atoms with van der Waals surface area (Å²) in [5.74, 6) is 0.617. The van der Waals surface area contributed by atoms with Crippen LogP contribution in [0.25, 0.3) is 0 Å². The van der Waals surface area contributed by atoms with E-state index in [0.717, 1.165) is 30.2 Å². The van der Waals surface area contributed by atoms with E-state index >= 15 is 0 Å². The largest absolute Gasteiger partial charge is 0.465 e. The number of thiophene rings is 1. The Morgan fingerprint density at radius 2 is 1.92 bits per heavy atom. The SMILES string of the molecule is CCC1CCC(NC(=S)Nc2sc3c(c2C(=O)OC)CCCCC3)CC1. The zero-order valence-electron chi connectivity index (χ0n) is 15.9. The lowest BCUT2D eigenvalue weighted by molar-refractivity contribution is 0.0601. The number of methoxy groups -OCH3 is 1. The molecule has 26 heavy (non-hydrogen) atoms. The van der Waals surface area contributed by atoms with Crippen molar-refractivity contribution in [3.8, 4) is 0 Å². The molecule has 0 saturated heterocycles. The fourth-order valence-electron chi connectivity index (χ4n) is 4.19. The minimum Gasteiger partial charge on any atom is -0.465 e. The molecule has 0 bridgehead atoms. The Kier molecular flexibility index (Phi) is 6.92. The predicted octanol–water partition coefficient (Wildman–Crippen LogP) is 5.06. The molecule has 144 valence electrons. The van der Waals surface area contributed by atoms with Crippen LogP contribution < -0.4 is 10.6 Å². The van der Waals surface area contributed by atoms with Gasteiger partial charge >= 0.3 is 5.97 Å². The van der Waals surface area contributed by atoms with Gasteiger partial charge in [-0.3, -0.25) is 0 Å². The molecule has 0 atom stereocenters. The van der Waals surface area contributed by atoms with Gasteiger partial charge in [0, 0.05) is 10.9 Å². The second-order valence-corrected chi connectivity index (χ2v) is 9.00. The van der Waals surface area contributed by atoms with E-state index in [4.69, 9.17) is 17.0 Å². The number of thiocarbonyl (C=S) groups is 1. The van der Waals surface area contributed by atoms with Crippen molar-refractivity contribution in [3.05, 3.63) is 16.0 Å². The summed E-state index contributed by atoms with van der Waals surface area (Å²) in [6.07, 6.45) is 11.7. The number of ether oxygens (including phenoxy) is 1. The highest BCUT2D eigenvalue weighted by atomic mass is 32.1. The minimum absolute atomic E-state index is 0.252. The Labute approximate surface area is 166 Å². The first kappa shape index (κ1) is 19.6. The third-order valence-corrected chi connectivity index (χ3v) is 7.22. The van der Waals surface area contributed by atoms with E-state index in [1.165, 1.54) is 62.5 Å². The number of fused-ring (bicyclic) bond motifs is 1. The molecule has 6 heteroatoms. The number of nitrogens with one attached hydrogen (secondary N) is 2. The molecule has 0 unspecified atom stereocenters. The zero-order chi connectivity index (χ0) is 18.5. The fraction of sp³-hybridized carbons (Fsp3) is 0.700. The van der Waals surface area contributed by atoms with Crippen molar-refractivity contribution in [2.45, 2.75) is 77.2 Å². The predicted molar refractivity (Wildman–Crippen MR) is 112 cm³/mol. The van der Waals surface area contributed by atoms with Gasteiger partial charge in [-0.05, 0) is 75.1 Å². The quantitative estimate of drug-likeness (QED) is 0.425. The summed E-state index contributed by atoms with van der Waals surface area (Å²) in [4.78, 5) is 13.7. The van der Waals surface area contributed by atoms with E-state index in [2.05, 4.69) is 17.6 Å². The first-order chi connectivity index (χ1) is 12.6. The summed E-state index contributed by atoms with van der Waals surface area (Å²) in [5, 5.41) is 8.26.